The summed E-state index contributed by atoms with van der Waals surface area (Å²) in [6, 6.07) is 14.1. The molecule has 0 fully saturated rings. The van der Waals surface area contributed by atoms with E-state index < -0.39 is 0 Å². The zero-order valence-corrected chi connectivity index (χ0v) is 13.4. The number of amides is 1. The molecular formula is C17H16N4OS. The molecule has 6 heteroatoms. The van der Waals surface area contributed by atoms with E-state index in [4.69, 9.17) is 12.2 Å². The van der Waals surface area contributed by atoms with Crippen LogP contribution >= 0.6 is 12.2 Å². The Hall–Kier alpha value is -2.73. The summed E-state index contributed by atoms with van der Waals surface area (Å²) in [6.45, 7) is 0.322. The van der Waals surface area contributed by atoms with Crippen molar-refractivity contribution in [3.05, 3.63) is 64.7 Å². The van der Waals surface area contributed by atoms with Gasteiger partial charge in [0.2, 0.25) is 5.91 Å². The number of nitrogens with zero attached hydrogens (tertiary/aromatic N) is 2. The summed E-state index contributed by atoms with van der Waals surface area (Å²) in [7, 11) is 1.80. The van der Waals surface area contributed by atoms with Crippen LogP contribution in [0.25, 0.3) is 16.8 Å². The molecule has 3 aromatic rings. The van der Waals surface area contributed by atoms with Gasteiger partial charge in [0, 0.05) is 13.1 Å². The summed E-state index contributed by atoms with van der Waals surface area (Å²) in [5.74, 6) is 0.508. The topological polar surface area (TPSA) is 62.7 Å². The first-order valence-corrected chi connectivity index (χ1v) is 7.60. The Balaban J connectivity index is 1.70. The van der Waals surface area contributed by atoms with Crippen molar-refractivity contribution in [1.82, 2.24) is 20.1 Å². The zero-order chi connectivity index (χ0) is 16.2. The van der Waals surface area contributed by atoms with Gasteiger partial charge in [-0.15, -0.1) is 0 Å². The molecule has 1 heterocycles. The van der Waals surface area contributed by atoms with Crippen molar-refractivity contribution < 1.29 is 4.79 Å². The molecular weight excluding hydrogens is 308 g/mol. The average molecular weight is 324 g/mol. The Morgan fingerprint density at radius 1 is 1.30 bits per heavy atom. The molecule has 2 aromatic carbocycles. The van der Waals surface area contributed by atoms with Crippen LogP contribution in [0.5, 0.6) is 0 Å². The van der Waals surface area contributed by atoms with Crippen molar-refractivity contribution >= 4 is 35.0 Å². The molecule has 0 saturated heterocycles. The highest BCUT2D eigenvalue weighted by Gasteiger charge is 2.03. The molecule has 3 rings (SSSR count). The maximum absolute atomic E-state index is 12.0. The standard InChI is InChI=1S/C17H16N4OS/c1-21-15(19-20-17(21)23)11-18-16(22)10-9-13-7-4-6-12-5-2-3-8-14(12)13/h2-10H,11H2,1H3,(H,18,22)(H,20,23). The fourth-order valence-corrected chi connectivity index (χ4v) is 2.48. The second-order valence-electron chi connectivity index (χ2n) is 5.12. The fourth-order valence-electron chi connectivity index (χ4n) is 2.32. The smallest absolute Gasteiger partial charge is 0.244 e. The van der Waals surface area contributed by atoms with Gasteiger partial charge >= 0.3 is 0 Å². The van der Waals surface area contributed by atoms with Gasteiger partial charge in [-0.1, -0.05) is 42.5 Å². The van der Waals surface area contributed by atoms with Crippen molar-refractivity contribution in [2.45, 2.75) is 6.54 Å². The molecule has 0 aliphatic heterocycles. The molecule has 2 N–H and O–H groups in total. The van der Waals surface area contributed by atoms with E-state index in [1.54, 1.807) is 11.6 Å². The van der Waals surface area contributed by atoms with Crippen molar-refractivity contribution in [2.24, 2.45) is 7.05 Å². The van der Waals surface area contributed by atoms with E-state index >= 15 is 0 Å². The summed E-state index contributed by atoms with van der Waals surface area (Å²) < 4.78 is 2.25. The molecule has 116 valence electrons. The number of benzene rings is 2. The molecule has 5 nitrogen and oxygen atoms in total. The minimum absolute atomic E-state index is 0.174. The molecule has 0 radical (unpaired) electrons. The monoisotopic (exact) mass is 324 g/mol. The number of carbonyl (C=O) groups is 1. The summed E-state index contributed by atoms with van der Waals surface area (Å²) in [5, 5.41) is 11.8. The summed E-state index contributed by atoms with van der Waals surface area (Å²) >= 11 is 5.03. The lowest BCUT2D eigenvalue weighted by molar-refractivity contribution is -0.116. The first-order valence-electron chi connectivity index (χ1n) is 7.19. The van der Waals surface area contributed by atoms with Crippen LogP contribution in [0.4, 0.5) is 0 Å². The Morgan fingerprint density at radius 3 is 2.87 bits per heavy atom. The number of aromatic amines is 1. The van der Waals surface area contributed by atoms with Gasteiger partial charge in [-0.25, -0.2) is 0 Å². The second kappa shape index (κ2) is 6.58. The number of H-pyrrole nitrogens is 1. The number of rotatable bonds is 4. The SMILES string of the molecule is Cn1c(CNC(=O)C=Cc2cccc3ccccc23)n[nH]c1=S. The van der Waals surface area contributed by atoms with Crippen LogP contribution in [-0.2, 0) is 18.4 Å². The van der Waals surface area contributed by atoms with Crippen LogP contribution in [0.1, 0.15) is 11.4 Å². The summed E-state index contributed by atoms with van der Waals surface area (Å²) in [6.07, 6.45) is 3.35. The molecule has 0 spiro atoms. The predicted molar refractivity (Wildman–Crippen MR) is 93.2 cm³/mol. The first-order chi connectivity index (χ1) is 11.1. The lowest BCUT2D eigenvalue weighted by atomic mass is 10.0. The third-order valence-electron chi connectivity index (χ3n) is 3.63. The van der Waals surface area contributed by atoms with Crippen LogP contribution in [-0.4, -0.2) is 20.7 Å². The molecule has 0 atom stereocenters. The maximum atomic E-state index is 12.0. The first kappa shape index (κ1) is 15.2. The quantitative estimate of drug-likeness (QED) is 0.573. The zero-order valence-electron chi connectivity index (χ0n) is 12.6. The summed E-state index contributed by atoms with van der Waals surface area (Å²) in [4.78, 5) is 12.0. The van der Waals surface area contributed by atoms with Crippen molar-refractivity contribution in [2.75, 3.05) is 0 Å². The number of aromatic nitrogens is 3. The van der Waals surface area contributed by atoms with Crippen LogP contribution < -0.4 is 5.32 Å². The Labute approximate surface area is 138 Å². The predicted octanol–water partition coefficient (Wildman–Crippen LogP) is 2.96. The van der Waals surface area contributed by atoms with E-state index in [1.165, 1.54) is 6.08 Å². The van der Waals surface area contributed by atoms with E-state index in [9.17, 15) is 4.79 Å². The van der Waals surface area contributed by atoms with Crippen LogP contribution in [0.2, 0.25) is 0 Å². The van der Waals surface area contributed by atoms with Gasteiger partial charge in [-0.05, 0) is 34.6 Å². The van der Waals surface area contributed by atoms with Crippen molar-refractivity contribution in [3.8, 4) is 0 Å². The fraction of sp³-hybridized carbons (Fsp3) is 0.118. The van der Waals surface area contributed by atoms with Gasteiger partial charge in [0.1, 0.15) is 0 Å². The number of fused-ring (bicyclic) bond motifs is 1. The number of nitrogens with one attached hydrogen (secondary N) is 2. The Bertz CT molecular complexity index is 934. The van der Waals surface area contributed by atoms with E-state index in [0.717, 1.165) is 16.3 Å². The largest absolute Gasteiger partial charge is 0.345 e. The van der Waals surface area contributed by atoms with E-state index in [1.807, 2.05) is 36.4 Å². The van der Waals surface area contributed by atoms with Gasteiger partial charge in [0.05, 0.1) is 6.54 Å². The minimum Gasteiger partial charge on any atom is -0.345 e. The molecule has 0 saturated carbocycles. The lowest BCUT2D eigenvalue weighted by Crippen LogP contribution is -2.22. The van der Waals surface area contributed by atoms with Crippen LogP contribution in [0.15, 0.2) is 48.5 Å². The molecule has 0 aliphatic carbocycles. The van der Waals surface area contributed by atoms with Gasteiger partial charge < -0.3 is 9.88 Å². The van der Waals surface area contributed by atoms with Gasteiger partial charge in [-0.3, -0.25) is 9.89 Å². The maximum Gasteiger partial charge on any atom is 0.244 e. The van der Waals surface area contributed by atoms with Crippen LogP contribution in [0.3, 0.4) is 0 Å². The highest BCUT2D eigenvalue weighted by Crippen LogP contribution is 2.19. The third-order valence-corrected chi connectivity index (χ3v) is 4.00. The molecule has 0 unspecified atom stereocenters. The third kappa shape index (κ3) is 3.37. The van der Waals surface area contributed by atoms with Crippen molar-refractivity contribution in [1.29, 1.82) is 0 Å². The van der Waals surface area contributed by atoms with E-state index in [0.29, 0.717) is 17.1 Å². The van der Waals surface area contributed by atoms with Crippen molar-refractivity contribution in [3.63, 3.8) is 0 Å². The van der Waals surface area contributed by atoms with E-state index in [2.05, 4.69) is 27.6 Å². The molecule has 0 aliphatic rings. The van der Waals surface area contributed by atoms with Gasteiger partial charge in [-0.2, -0.15) is 5.10 Å². The average Bonchev–Trinajstić information content (AvgIpc) is 2.90. The number of carbonyl (C=O) groups excluding carboxylic acids is 1. The van der Waals surface area contributed by atoms with Crippen LogP contribution in [0, 0.1) is 4.77 Å². The molecule has 1 amide bonds. The lowest BCUT2D eigenvalue weighted by Gasteiger charge is -2.03. The molecule has 23 heavy (non-hydrogen) atoms. The summed E-state index contributed by atoms with van der Waals surface area (Å²) in [5.41, 5.74) is 1.01. The van der Waals surface area contributed by atoms with Gasteiger partial charge in [0.15, 0.2) is 10.6 Å². The molecule has 1 aromatic heterocycles. The van der Waals surface area contributed by atoms with E-state index in [-0.39, 0.29) is 5.91 Å². The Kier molecular flexibility index (Phi) is 4.34. The highest BCUT2D eigenvalue weighted by molar-refractivity contribution is 7.71. The highest BCUT2D eigenvalue weighted by atomic mass is 32.1. The second-order valence-corrected chi connectivity index (χ2v) is 5.51. The minimum atomic E-state index is -0.174. The molecule has 0 bridgehead atoms. The number of hydrogen-bond acceptors (Lipinski definition) is 3. The normalized spacial score (nSPS) is 11.2. The Morgan fingerprint density at radius 2 is 2.09 bits per heavy atom. The van der Waals surface area contributed by atoms with Gasteiger partial charge in [0.25, 0.3) is 0 Å². The number of hydrogen-bond donors (Lipinski definition) is 2.